The second-order valence-corrected chi connectivity index (χ2v) is 8.27. The molecule has 4 aromatic rings. The fourth-order valence-corrected chi connectivity index (χ4v) is 4.67. The van der Waals surface area contributed by atoms with Gasteiger partial charge < -0.3 is 4.79 Å². The maximum atomic E-state index is 14.0. The topological polar surface area (TPSA) is 30.0 Å². The molecule has 0 bridgehead atoms. The average molecular weight is 440 g/mol. The van der Waals surface area contributed by atoms with E-state index in [0.717, 1.165) is 28.4 Å². The summed E-state index contributed by atoms with van der Waals surface area (Å²) in [7, 11) is 0. The zero-order valence-corrected chi connectivity index (χ0v) is 17.3. The average Bonchev–Trinajstić information content (AvgIpc) is 3.16. The van der Waals surface area contributed by atoms with E-state index in [2.05, 4.69) is 0 Å². The van der Waals surface area contributed by atoms with Crippen LogP contribution in [0.5, 0.6) is 0 Å². The third-order valence-electron chi connectivity index (χ3n) is 4.76. The van der Waals surface area contributed by atoms with Crippen molar-refractivity contribution in [3.63, 3.8) is 0 Å². The van der Waals surface area contributed by atoms with Gasteiger partial charge in [0, 0.05) is 21.9 Å². The van der Waals surface area contributed by atoms with Crippen LogP contribution >= 0.6 is 22.9 Å². The van der Waals surface area contributed by atoms with Gasteiger partial charge in [0.1, 0.15) is 11.3 Å². The van der Waals surface area contributed by atoms with Crippen molar-refractivity contribution in [1.29, 1.82) is 0 Å². The molecule has 2 nitrogen and oxygen atoms in total. The quantitative estimate of drug-likeness (QED) is 0.314. The summed E-state index contributed by atoms with van der Waals surface area (Å²) in [6.45, 7) is 0. The Morgan fingerprint density at radius 1 is 0.933 bits per heavy atom. The van der Waals surface area contributed by atoms with Crippen molar-refractivity contribution in [2.24, 2.45) is 0 Å². The van der Waals surface area contributed by atoms with Gasteiger partial charge in [0.25, 0.3) is 0 Å². The Hall–Kier alpha value is -2.89. The van der Waals surface area contributed by atoms with Gasteiger partial charge in [-0.1, -0.05) is 60.1 Å². The minimum Gasteiger partial charge on any atom is -0.303 e. The molecule has 0 fully saturated rings. The van der Waals surface area contributed by atoms with E-state index in [9.17, 15) is 13.6 Å². The summed E-state index contributed by atoms with van der Waals surface area (Å²) >= 11 is 7.40. The maximum absolute atomic E-state index is 14.0. The number of rotatable bonds is 6. The predicted octanol–water partition coefficient (Wildman–Crippen LogP) is 6.66. The van der Waals surface area contributed by atoms with Crippen LogP contribution in [0.15, 0.2) is 72.8 Å². The third kappa shape index (κ3) is 4.18. The fraction of sp³-hybridized carbons (Fsp3) is 0.0833. The zero-order valence-electron chi connectivity index (χ0n) is 15.7. The van der Waals surface area contributed by atoms with Crippen LogP contribution in [-0.4, -0.2) is 11.3 Å². The van der Waals surface area contributed by atoms with Crippen LogP contribution in [-0.2, 0) is 11.2 Å². The first-order valence-electron chi connectivity index (χ1n) is 9.26. The molecule has 0 aliphatic rings. The Morgan fingerprint density at radius 2 is 1.67 bits per heavy atom. The van der Waals surface area contributed by atoms with Gasteiger partial charge in [-0.25, -0.2) is 13.8 Å². The fourth-order valence-electron chi connectivity index (χ4n) is 3.36. The van der Waals surface area contributed by atoms with Crippen LogP contribution in [0.1, 0.15) is 26.9 Å². The van der Waals surface area contributed by atoms with E-state index in [0.29, 0.717) is 21.3 Å². The number of benzene rings is 3. The minimum atomic E-state index is -0.906. The predicted molar refractivity (Wildman–Crippen MR) is 116 cm³/mol. The number of halogens is 3. The summed E-state index contributed by atoms with van der Waals surface area (Å²) in [6.07, 6.45) is 1.06. The summed E-state index contributed by atoms with van der Waals surface area (Å²) in [6, 6.07) is 20.7. The van der Waals surface area contributed by atoms with Crippen molar-refractivity contribution in [2.45, 2.75) is 12.3 Å². The molecule has 0 aliphatic carbocycles. The summed E-state index contributed by atoms with van der Waals surface area (Å²) in [5.74, 6) is -2.19. The van der Waals surface area contributed by atoms with E-state index >= 15 is 0 Å². The highest BCUT2D eigenvalue weighted by Crippen LogP contribution is 2.39. The van der Waals surface area contributed by atoms with Gasteiger partial charge in [0.15, 0.2) is 11.6 Å². The Kier molecular flexibility index (Phi) is 6.02. The molecule has 0 aliphatic heterocycles. The molecule has 4 rings (SSSR count). The highest BCUT2D eigenvalue weighted by Gasteiger charge is 2.24. The van der Waals surface area contributed by atoms with E-state index in [1.807, 2.05) is 42.5 Å². The zero-order chi connectivity index (χ0) is 21.1. The first-order valence-corrected chi connectivity index (χ1v) is 10.5. The number of hydrogen-bond donors (Lipinski definition) is 0. The summed E-state index contributed by atoms with van der Waals surface area (Å²) in [5.41, 5.74) is 3.03. The number of carbonyl (C=O) groups is 1. The number of aromatic nitrogens is 1. The van der Waals surface area contributed by atoms with Crippen molar-refractivity contribution >= 4 is 29.2 Å². The normalized spacial score (nSPS) is 12.0. The SMILES string of the molecule is O=CCc1sc(C(c2ccccc2)c2ccc(F)c(F)c2)nc1-c1ccc(Cl)cc1. The highest BCUT2D eigenvalue weighted by atomic mass is 35.5. The van der Waals surface area contributed by atoms with Gasteiger partial charge in [-0.2, -0.15) is 0 Å². The number of hydrogen-bond acceptors (Lipinski definition) is 3. The maximum Gasteiger partial charge on any atom is 0.159 e. The van der Waals surface area contributed by atoms with Crippen molar-refractivity contribution < 1.29 is 13.6 Å². The van der Waals surface area contributed by atoms with E-state index in [-0.39, 0.29) is 6.42 Å². The molecule has 6 heteroatoms. The Balaban J connectivity index is 1.88. The van der Waals surface area contributed by atoms with Gasteiger partial charge in [-0.15, -0.1) is 11.3 Å². The van der Waals surface area contributed by atoms with E-state index in [4.69, 9.17) is 16.6 Å². The van der Waals surface area contributed by atoms with Crippen LogP contribution in [0.3, 0.4) is 0 Å². The molecule has 1 heterocycles. The van der Waals surface area contributed by atoms with Gasteiger partial charge in [-0.05, 0) is 35.4 Å². The van der Waals surface area contributed by atoms with Crippen LogP contribution in [0.25, 0.3) is 11.3 Å². The van der Waals surface area contributed by atoms with Crippen molar-refractivity contribution in [2.75, 3.05) is 0 Å². The molecule has 1 atom stereocenters. The second-order valence-electron chi connectivity index (χ2n) is 6.72. The molecule has 3 aromatic carbocycles. The largest absolute Gasteiger partial charge is 0.303 e. The lowest BCUT2D eigenvalue weighted by Gasteiger charge is -2.16. The standard InChI is InChI=1S/C24H16ClF2NOS/c25-18-9-6-16(7-10-18)23-21(12-13-29)30-24(28-23)22(15-4-2-1-3-5-15)17-8-11-19(26)20(27)14-17/h1-11,13-14,22H,12H2. The Morgan fingerprint density at radius 3 is 2.33 bits per heavy atom. The van der Waals surface area contributed by atoms with E-state index < -0.39 is 17.6 Å². The monoisotopic (exact) mass is 439 g/mol. The molecule has 0 spiro atoms. The lowest BCUT2D eigenvalue weighted by Crippen LogP contribution is -2.04. The smallest absolute Gasteiger partial charge is 0.159 e. The molecule has 30 heavy (non-hydrogen) atoms. The first kappa shape index (κ1) is 20.4. The lowest BCUT2D eigenvalue weighted by atomic mass is 9.91. The summed E-state index contributed by atoms with van der Waals surface area (Å²) in [4.78, 5) is 16.9. The molecule has 1 aromatic heterocycles. The van der Waals surface area contributed by atoms with Crippen LogP contribution in [0.2, 0.25) is 5.02 Å². The molecule has 0 amide bonds. The molecule has 0 saturated carbocycles. The van der Waals surface area contributed by atoms with Gasteiger partial charge >= 0.3 is 0 Å². The molecule has 0 radical (unpaired) electrons. The Labute approximate surface area is 181 Å². The van der Waals surface area contributed by atoms with Crippen LogP contribution < -0.4 is 0 Å². The van der Waals surface area contributed by atoms with Gasteiger partial charge in [-0.3, -0.25) is 0 Å². The first-order chi connectivity index (χ1) is 14.6. The van der Waals surface area contributed by atoms with Crippen LogP contribution in [0.4, 0.5) is 8.78 Å². The summed E-state index contributed by atoms with van der Waals surface area (Å²) < 4.78 is 27.6. The third-order valence-corrected chi connectivity index (χ3v) is 6.15. The molecule has 1 unspecified atom stereocenters. The van der Waals surface area contributed by atoms with Crippen molar-refractivity contribution in [1.82, 2.24) is 4.98 Å². The molecule has 150 valence electrons. The van der Waals surface area contributed by atoms with Crippen molar-refractivity contribution in [3.8, 4) is 11.3 Å². The minimum absolute atomic E-state index is 0.217. The summed E-state index contributed by atoms with van der Waals surface area (Å²) in [5, 5.41) is 1.31. The van der Waals surface area contributed by atoms with Gasteiger partial charge in [0.2, 0.25) is 0 Å². The highest BCUT2D eigenvalue weighted by molar-refractivity contribution is 7.12. The number of carbonyl (C=O) groups excluding carboxylic acids is 1. The molecule has 0 saturated heterocycles. The van der Waals surface area contributed by atoms with Gasteiger partial charge in [0.05, 0.1) is 11.6 Å². The molecular weight excluding hydrogens is 424 g/mol. The van der Waals surface area contributed by atoms with Crippen molar-refractivity contribution in [3.05, 3.63) is 110 Å². The molecular formula is C24H16ClF2NOS. The lowest BCUT2D eigenvalue weighted by molar-refractivity contribution is -0.107. The second kappa shape index (κ2) is 8.86. The number of aldehydes is 1. The number of nitrogens with zero attached hydrogens (tertiary/aromatic N) is 1. The Bertz CT molecular complexity index is 1180. The molecule has 0 N–H and O–H groups in total. The van der Waals surface area contributed by atoms with Crippen LogP contribution in [0, 0.1) is 11.6 Å². The van der Waals surface area contributed by atoms with E-state index in [1.54, 1.807) is 18.2 Å². The van der Waals surface area contributed by atoms with E-state index in [1.165, 1.54) is 17.4 Å². The number of thiazole rings is 1.